The van der Waals surface area contributed by atoms with Gasteiger partial charge in [0.25, 0.3) is 0 Å². The van der Waals surface area contributed by atoms with Crippen LogP contribution in [0.15, 0.2) is 18.0 Å². The van der Waals surface area contributed by atoms with Crippen LogP contribution in [0.1, 0.15) is 32.5 Å². The zero-order valence-electron chi connectivity index (χ0n) is 9.86. The first-order valence-electron chi connectivity index (χ1n) is 5.85. The van der Waals surface area contributed by atoms with Crippen molar-refractivity contribution in [2.45, 2.75) is 45.0 Å². The molecule has 1 aliphatic rings. The van der Waals surface area contributed by atoms with E-state index >= 15 is 0 Å². The summed E-state index contributed by atoms with van der Waals surface area (Å²) in [5.41, 5.74) is 1.40. The molecule has 0 bridgehead atoms. The quantitative estimate of drug-likeness (QED) is 0.598. The molecule has 0 spiro atoms. The van der Waals surface area contributed by atoms with Gasteiger partial charge in [-0.1, -0.05) is 25.5 Å². The van der Waals surface area contributed by atoms with E-state index in [9.17, 15) is 0 Å². The van der Waals surface area contributed by atoms with E-state index in [1.165, 1.54) is 5.57 Å². The van der Waals surface area contributed by atoms with Gasteiger partial charge in [0.15, 0.2) is 0 Å². The van der Waals surface area contributed by atoms with Crippen molar-refractivity contribution < 1.29 is 0 Å². The van der Waals surface area contributed by atoms with Gasteiger partial charge in [-0.15, -0.1) is 11.6 Å². The molecule has 0 saturated heterocycles. The van der Waals surface area contributed by atoms with Gasteiger partial charge >= 0.3 is 0 Å². The van der Waals surface area contributed by atoms with Crippen LogP contribution in [-0.4, -0.2) is 20.1 Å². The lowest BCUT2D eigenvalue weighted by molar-refractivity contribution is 0.468. The first kappa shape index (κ1) is 11.6. The Balaban J connectivity index is 2.04. The molecule has 1 heterocycles. The standard InChI is InChI=1S/C12H18ClN3/c1-9(2)7-16-12(14-8-15-16)6-10-3-4-11(13)5-10/h5,8-9,11H,3-4,6-7H2,1-2H3. The highest BCUT2D eigenvalue weighted by Crippen LogP contribution is 2.25. The lowest BCUT2D eigenvalue weighted by Crippen LogP contribution is -2.10. The topological polar surface area (TPSA) is 30.7 Å². The van der Waals surface area contributed by atoms with E-state index in [4.69, 9.17) is 11.6 Å². The van der Waals surface area contributed by atoms with Crippen molar-refractivity contribution in [2.24, 2.45) is 5.92 Å². The van der Waals surface area contributed by atoms with E-state index in [1.54, 1.807) is 6.33 Å². The third-order valence-corrected chi connectivity index (χ3v) is 3.12. The minimum Gasteiger partial charge on any atom is -0.250 e. The third-order valence-electron chi connectivity index (χ3n) is 2.78. The van der Waals surface area contributed by atoms with Crippen LogP contribution in [0.4, 0.5) is 0 Å². The van der Waals surface area contributed by atoms with Crippen molar-refractivity contribution in [3.05, 3.63) is 23.8 Å². The summed E-state index contributed by atoms with van der Waals surface area (Å²) in [7, 11) is 0. The van der Waals surface area contributed by atoms with Crippen LogP contribution in [0.2, 0.25) is 0 Å². The monoisotopic (exact) mass is 239 g/mol. The van der Waals surface area contributed by atoms with Crippen molar-refractivity contribution in [3.8, 4) is 0 Å². The first-order valence-corrected chi connectivity index (χ1v) is 6.29. The number of alkyl halides is 1. The predicted octanol–water partition coefficient (Wildman–Crippen LogP) is 2.80. The predicted molar refractivity (Wildman–Crippen MR) is 65.5 cm³/mol. The van der Waals surface area contributed by atoms with Gasteiger partial charge in [0, 0.05) is 13.0 Å². The van der Waals surface area contributed by atoms with Gasteiger partial charge in [0.1, 0.15) is 12.2 Å². The van der Waals surface area contributed by atoms with Crippen molar-refractivity contribution in [1.29, 1.82) is 0 Å². The molecular formula is C12H18ClN3. The number of rotatable bonds is 4. The first-order chi connectivity index (χ1) is 7.65. The smallest absolute Gasteiger partial charge is 0.138 e. The van der Waals surface area contributed by atoms with Gasteiger partial charge in [-0.25, -0.2) is 9.67 Å². The third kappa shape index (κ3) is 2.85. The maximum atomic E-state index is 6.05. The van der Waals surface area contributed by atoms with Gasteiger partial charge in [0.05, 0.1) is 5.38 Å². The van der Waals surface area contributed by atoms with E-state index in [-0.39, 0.29) is 5.38 Å². The van der Waals surface area contributed by atoms with E-state index in [1.807, 2.05) is 4.68 Å². The fourth-order valence-electron chi connectivity index (χ4n) is 2.02. The summed E-state index contributed by atoms with van der Waals surface area (Å²) in [6.45, 7) is 5.32. The fraction of sp³-hybridized carbons (Fsp3) is 0.667. The molecule has 0 aromatic carbocycles. The Bertz CT molecular complexity index is 381. The minimum absolute atomic E-state index is 0.219. The summed E-state index contributed by atoms with van der Waals surface area (Å²) < 4.78 is 2.01. The van der Waals surface area contributed by atoms with Crippen LogP contribution in [-0.2, 0) is 13.0 Å². The second-order valence-corrected chi connectivity index (χ2v) is 5.37. The minimum atomic E-state index is 0.219. The summed E-state index contributed by atoms with van der Waals surface area (Å²) in [5.74, 6) is 1.66. The summed E-state index contributed by atoms with van der Waals surface area (Å²) in [5, 5.41) is 4.48. The Morgan fingerprint density at radius 1 is 1.56 bits per heavy atom. The fourth-order valence-corrected chi connectivity index (χ4v) is 2.31. The molecule has 0 radical (unpaired) electrons. The average molecular weight is 240 g/mol. The molecule has 0 fully saturated rings. The van der Waals surface area contributed by atoms with Gasteiger partial charge in [0.2, 0.25) is 0 Å². The molecule has 0 aliphatic heterocycles. The van der Waals surface area contributed by atoms with E-state index < -0.39 is 0 Å². The molecule has 0 N–H and O–H groups in total. The largest absolute Gasteiger partial charge is 0.250 e. The molecule has 3 nitrogen and oxygen atoms in total. The summed E-state index contributed by atoms with van der Waals surface area (Å²) >= 11 is 6.05. The normalized spacial score (nSPS) is 20.5. The Morgan fingerprint density at radius 2 is 2.38 bits per heavy atom. The van der Waals surface area contributed by atoms with Crippen molar-refractivity contribution >= 4 is 11.6 Å². The van der Waals surface area contributed by atoms with Crippen LogP contribution in [0.25, 0.3) is 0 Å². The molecule has 1 atom stereocenters. The van der Waals surface area contributed by atoms with Crippen LogP contribution in [0.3, 0.4) is 0 Å². The highest BCUT2D eigenvalue weighted by molar-refractivity contribution is 6.22. The van der Waals surface area contributed by atoms with Gasteiger partial charge in [-0.2, -0.15) is 5.10 Å². The lowest BCUT2D eigenvalue weighted by atomic mass is 10.1. The number of halogens is 1. The maximum absolute atomic E-state index is 6.05. The van der Waals surface area contributed by atoms with Gasteiger partial charge < -0.3 is 0 Å². The molecule has 0 amide bonds. The molecule has 16 heavy (non-hydrogen) atoms. The van der Waals surface area contributed by atoms with Crippen molar-refractivity contribution in [2.75, 3.05) is 0 Å². The Morgan fingerprint density at radius 3 is 3.00 bits per heavy atom. The number of nitrogens with zero attached hydrogens (tertiary/aromatic N) is 3. The SMILES string of the molecule is CC(C)Cn1ncnc1CC1=CC(Cl)CC1. The molecule has 4 heteroatoms. The zero-order valence-corrected chi connectivity index (χ0v) is 10.6. The molecule has 1 unspecified atom stereocenters. The van der Waals surface area contributed by atoms with Crippen LogP contribution in [0.5, 0.6) is 0 Å². The zero-order chi connectivity index (χ0) is 11.5. The van der Waals surface area contributed by atoms with E-state index in [0.717, 1.165) is 31.6 Å². The number of aromatic nitrogens is 3. The summed E-state index contributed by atoms with van der Waals surface area (Å²) in [6, 6.07) is 0. The molecule has 1 aromatic rings. The second-order valence-electron chi connectivity index (χ2n) is 4.81. The lowest BCUT2D eigenvalue weighted by Gasteiger charge is -2.08. The Hall–Kier alpha value is -0.830. The summed E-state index contributed by atoms with van der Waals surface area (Å²) in [4.78, 5) is 4.33. The summed E-state index contributed by atoms with van der Waals surface area (Å²) in [6.07, 6.45) is 6.87. The average Bonchev–Trinajstić information content (AvgIpc) is 2.77. The molecule has 1 aromatic heterocycles. The van der Waals surface area contributed by atoms with E-state index in [2.05, 4.69) is 30.0 Å². The molecule has 0 saturated carbocycles. The van der Waals surface area contributed by atoms with Crippen LogP contribution >= 0.6 is 11.6 Å². The number of hydrogen-bond acceptors (Lipinski definition) is 2. The van der Waals surface area contributed by atoms with Crippen LogP contribution < -0.4 is 0 Å². The molecule has 88 valence electrons. The Kier molecular flexibility index (Phi) is 3.64. The van der Waals surface area contributed by atoms with E-state index in [0.29, 0.717) is 5.92 Å². The molecule has 2 rings (SSSR count). The van der Waals surface area contributed by atoms with Gasteiger partial charge in [-0.05, 0) is 18.8 Å². The molecular weight excluding hydrogens is 222 g/mol. The van der Waals surface area contributed by atoms with Crippen molar-refractivity contribution in [3.63, 3.8) is 0 Å². The van der Waals surface area contributed by atoms with Gasteiger partial charge in [-0.3, -0.25) is 0 Å². The van der Waals surface area contributed by atoms with Crippen LogP contribution in [0, 0.1) is 5.92 Å². The number of hydrogen-bond donors (Lipinski definition) is 0. The second kappa shape index (κ2) is 5.00. The van der Waals surface area contributed by atoms with Crippen molar-refractivity contribution in [1.82, 2.24) is 14.8 Å². The Labute approximate surface area is 102 Å². The highest BCUT2D eigenvalue weighted by atomic mass is 35.5. The maximum Gasteiger partial charge on any atom is 0.138 e. The molecule has 1 aliphatic carbocycles. The highest BCUT2D eigenvalue weighted by Gasteiger charge is 2.15. The number of allylic oxidation sites excluding steroid dienone is 2.